The van der Waals surface area contributed by atoms with Gasteiger partial charge in [-0.1, -0.05) is 11.3 Å². The van der Waals surface area contributed by atoms with E-state index in [1.54, 1.807) is 6.92 Å². The maximum absolute atomic E-state index is 12.6. The number of hydrogen-bond acceptors (Lipinski definition) is 4. The second-order valence-corrected chi connectivity index (χ2v) is 4.41. The van der Waals surface area contributed by atoms with Crippen LogP contribution in [-0.4, -0.2) is 35.1 Å². The van der Waals surface area contributed by atoms with Crippen molar-refractivity contribution in [1.82, 2.24) is 4.98 Å². The third-order valence-electron chi connectivity index (χ3n) is 2.09. The first-order chi connectivity index (χ1) is 6.89. The number of carbonyl (C=O) groups is 1. The van der Waals surface area contributed by atoms with Crippen molar-refractivity contribution in [2.24, 2.45) is 0 Å². The van der Waals surface area contributed by atoms with Crippen LogP contribution in [0.15, 0.2) is 0 Å². The number of rotatable bonds is 2. The highest BCUT2D eigenvalue weighted by Gasteiger charge is 2.45. The molecular formula is C8H8F2N2O2S. The van der Waals surface area contributed by atoms with E-state index in [2.05, 4.69) is 4.98 Å². The Morgan fingerprint density at radius 3 is 2.60 bits per heavy atom. The second-order valence-electron chi connectivity index (χ2n) is 3.43. The van der Waals surface area contributed by atoms with Crippen molar-refractivity contribution in [3.05, 3.63) is 10.6 Å². The molecule has 0 amide bonds. The van der Waals surface area contributed by atoms with Crippen LogP contribution >= 0.6 is 11.3 Å². The van der Waals surface area contributed by atoms with Crippen molar-refractivity contribution in [2.75, 3.05) is 18.0 Å². The molecule has 1 N–H and O–H groups in total. The van der Waals surface area contributed by atoms with E-state index in [1.165, 1.54) is 4.90 Å². The van der Waals surface area contributed by atoms with Crippen molar-refractivity contribution in [3.8, 4) is 0 Å². The third-order valence-corrected chi connectivity index (χ3v) is 3.30. The minimum Gasteiger partial charge on any atom is -0.477 e. The molecule has 0 aromatic carbocycles. The molecule has 0 saturated carbocycles. The van der Waals surface area contributed by atoms with Gasteiger partial charge in [0.1, 0.15) is 4.88 Å². The number of carboxylic acid groups (broad SMARTS) is 1. The summed E-state index contributed by atoms with van der Waals surface area (Å²) in [6, 6.07) is 0. The summed E-state index contributed by atoms with van der Waals surface area (Å²) in [5.74, 6) is -3.73. The van der Waals surface area contributed by atoms with Gasteiger partial charge in [-0.3, -0.25) is 0 Å². The largest absolute Gasteiger partial charge is 0.477 e. The van der Waals surface area contributed by atoms with Crippen molar-refractivity contribution in [1.29, 1.82) is 0 Å². The van der Waals surface area contributed by atoms with Gasteiger partial charge < -0.3 is 10.0 Å². The van der Waals surface area contributed by atoms with Crippen molar-refractivity contribution < 1.29 is 18.7 Å². The Kier molecular flexibility index (Phi) is 2.14. The third kappa shape index (κ3) is 1.79. The molecule has 0 spiro atoms. The number of hydrogen-bond donors (Lipinski definition) is 1. The monoisotopic (exact) mass is 234 g/mol. The highest BCUT2D eigenvalue weighted by atomic mass is 32.1. The number of nitrogens with zero attached hydrogens (tertiary/aromatic N) is 2. The van der Waals surface area contributed by atoms with Crippen LogP contribution in [-0.2, 0) is 0 Å². The van der Waals surface area contributed by atoms with E-state index >= 15 is 0 Å². The van der Waals surface area contributed by atoms with E-state index in [1.807, 2.05) is 0 Å². The Hall–Kier alpha value is -1.24. The van der Waals surface area contributed by atoms with Crippen LogP contribution in [0, 0.1) is 6.92 Å². The Morgan fingerprint density at radius 1 is 1.60 bits per heavy atom. The molecule has 1 fully saturated rings. The zero-order valence-electron chi connectivity index (χ0n) is 7.83. The topological polar surface area (TPSA) is 53.4 Å². The van der Waals surface area contributed by atoms with Crippen molar-refractivity contribution in [2.45, 2.75) is 12.8 Å². The number of aromatic nitrogens is 1. The van der Waals surface area contributed by atoms with Gasteiger partial charge in [0.2, 0.25) is 0 Å². The quantitative estimate of drug-likeness (QED) is 0.844. The second kappa shape index (κ2) is 3.13. The molecule has 0 atom stereocenters. The van der Waals surface area contributed by atoms with Gasteiger partial charge in [-0.2, -0.15) is 0 Å². The summed E-state index contributed by atoms with van der Waals surface area (Å²) in [5, 5.41) is 9.12. The first-order valence-electron chi connectivity index (χ1n) is 4.22. The summed E-state index contributed by atoms with van der Waals surface area (Å²) in [4.78, 5) is 16.1. The predicted molar refractivity (Wildman–Crippen MR) is 51.0 cm³/mol. The average Bonchev–Trinajstić information content (AvgIpc) is 2.42. The molecule has 2 heterocycles. The molecule has 0 unspecified atom stereocenters. The molecule has 1 aromatic heterocycles. The van der Waals surface area contributed by atoms with Crippen molar-refractivity contribution >= 4 is 22.4 Å². The van der Waals surface area contributed by atoms with Crippen LogP contribution in [0.1, 0.15) is 15.4 Å². The molecule has 2 rings (SSSR count). The number of alkyl halides is 2. The number of anilines is 1. The van der Waals surface area contributed by atoms with Gasteiger partial charge in [-0.25, -0.2) is 18.6 Å². The zero-order valence-corrected chi connectivity index (χ0v) is 8.64. The zero-order chi connectivity index (χ0) is 11.2. The number of aromatic carboxylic acids is 1. The molecule has 1 aromatic rings. The molecule has 82 valence electrons. The molecule has 1 aliphatic rings. The Bertz CT molecular complexity index is 411. The summed E-state index contributed by atoms with van der Waals surface area (Å²) in [6.07, 6.45) is 0. The smallest absolute Gasteiger partial charge is 0.347 e. The van der Waals surface area contributed by atoms with Crippen LogP contribution in [0.25, 0.3) is 0 Å². The number of aryl methyl sites for hydroxylation is 1. The normalized spacial score (nSPS) is 18.7. The average molecular weight is 234 g/mol. The number of halogens is 2. The molecule has 4 nitrogen and oxygen atoms in total. The first kappa shape index (κ1) is 10.3. The van der Waals surface area contributed by atoms with E-state index in [0.717, 1.165) is 11.3 Å². The SMILES string of the molecule is Cc1nc(N2CC(F)(F)C2)sc1C(=O)O. The fourth-order valence-electron chi connectivity index (χ4n) is 1.36. The Balaban J connectivity index is 2.18. The summed E-state index contributed by atoms with van der Waals surface area (Å²) >= 11 is 0.934. The van der Waals surface area contributed by atoms with Crippen LogP contribution in [0.3, 0.4) is 0 Å². The van der Waals surface area contributed by atoms with Gasteiger partial charge in [-0.15, -0.1) is 0 Å². The molecule has 0 aliphatic carbocycles. The molecule has 0 radical (unpaired) electrons. The minimum absolute atomic E-state index is 0.111. The molecule has 15 heavy (non-hydrogen) atoms. The first-order valence-corrected chi connectivity index (χ1v) is 5.04. The van der Waals surface area contributed by atoms with E-state index in [4.69, 9.17) is 5.11 Å². The van der Waals surface area contributed by atoms with Crippen LogP contribution < -0.4 is 4.90 Å². The summed E-state index contributed by atoms with van der Waals surface area (Å²) in [6.45, 7) is 0.805. The van der Waals surface area contributed by atoms with Gasteiger partial charge in [0.15, 0.2) is 5.13 Å². The maximum atomic E-state index is 12.6. The maximum Gasteiger partial charge on any atom is 0.347 e. The fraction of sp³-hybridized carbons (Fsp3) is 0.500. The molecule has 7 heteroatoms. The van der Waals surface area contributed by atoms with E-state index in [0.29, 0.717) is 10.8 Å². The van der Waals surface area contributed by atoms with E-state index < -0.39 is 11.9 Å². The van der Waals surface area contributed by atoms with Gasteiger partial charge in [-0.05, 0) is 6.92 Å². The number of thiazole rings is 1. The summed E-state index contributed by atoms with van der Waals surface area (Å²) in [5.41, 5.74) is 0.373. The lowest BCUT2D eigenvalue weighted by atomic mass is 10.2. The van der Waals surface area contributed by atoms with Crippen LogP contribution in [0.5, 0.6) is 0 Å². The standard InChI is InChI=1S/C8H8F2N2O2S/c1-4-5(6(13)14)15-7(11-4)12-2-8(9,10)3-12/h2-3H2,1H3,(H,13,14). The van der Waals surface area contributed by atoms with Gasteiger partial charge in [0.05, 0.1) is 18.8 Å². The fourth-order valence-corrected chi connectivity index (χ4v) is 2.27. The molecule has 1 saturated heterocycles. The van der Waals surface area contributed by atoms with Gasteiger partial charge >= 0.3 is 5.97 Å². The molecule has 0 bridgehead atoms. The lowest BCUT2D eigenvalue weighted by Gasteiger charge is -2.38. The lowest BCUT2D eigenvalue weighted by Crippen LogP contribution is -2.56. The lowest BCUT2D eigenvalue weighted by molar-refractivity contribution is -0.0262. The van der Waals surface area contributed by atoms with Crippen LogP contribution in [0.2, 0.25) is 0 Å². The Morgan fingerprint density at radius 2 is 2.20 bits per heavy atom. The minimum atomic E-state index is -2.66. The Labute approximate surface area is 88.2 Å². The molecular weight excluding hydrogens is 226 g/mol. The van der Waals surface area contributed by atoms with Crippen molar-refractivity contribution in [3.63, 3.8) is 0 Å². The molecule has 1 aliphatic heterocycles. The van der Waals surface area contributed by atoms with Crippen LogP contribution in [0.4, 0.5) is 13.9 Å². The highest BCUT2D eigenvalue weighted by Crippen LogP contribution is 2.35. The summed E-state index contributed by atoms with van der Waals surface area (Å²) in [7, 11) is 0. The number of carboxylic acids is 1. The van der Waals surface area contributed by atoms with E-state index in [9.17, 15) is 13.6 Å². The highest BCUT2D eigenvalue weighted by molar-refractivity contribution is 7.17. The van der Waals surface area contributed by atoms with Gasteiger partial charge in [0.25, 0.3) is 5.92 Å². The predicted octanol–water partition coefficient (Wildman–Crippen LogP) is 1.61. The van der Waals surface area contributed by atoms with E-state index in [-0.39, 0.29) is 18.0 Å². The summed E-state index contributed by atoms with van der Waals surface area (Å²) < 4.78 is 25.1. The van der Waals surface area contributed by atoms with Gasteiger partial charge in [0, 0.05) is 0 Å².